The molecule has 0 fully saturated rings. The third-order valence-electron chi connectivity index (χ3n) is 5.91. The number of amides is 1. The van der Waals surface area contributed by atoms with Gasteiger partial charge in [-0.2, -0.15) is 15.5 Å². The number of fused-ring (bicyclic) bond motifs is 1. The predicted molar refractivity (Wildman–Crippen MR) is 136 cm³/mol. The lowest BCUT2D eigenvalue weighted by molar-refractivity contribution is -0.115. The van der Waals surface area contributed by atoms with Gasteiger partial charge in [0.15, 0.2) is 17.3 Å². The molecule has 11 heteroatoms. The van der Waals surface area contributed by atoms with Gasteiger partial charge in [-0.25, -0.2) is 14.6 Å². The van der Waals surface area contributed by atoms with Crippen molar-refractivity contribution in [3.63, 3.8) is 0 Å². The first-order valence-corrected chi connectivity index (χ1v) is 11.5. The molecule has 1 atom stereocenters. The number of benzene rings is 1. The summed E-state index contributed by atoms with van der Waals surface area (Å²) in [5.41, 5.74) is 4.32. The number of aromatic nitrogens is 7. The molecule has 4 heterocycles. The molecule has 11 nitrogen and oxygen atoms in total. The number of anilines is 2. The fourth-order valence-corrected chi connectivity index (χ4v) is 4.13. The minimum atomic E-state index is -0.796. The largest absolute Gasteiger partial charge is 0.389 e. The highest BCUT2D eigenvalue weighted by Crippen LogP contribution is 2.29. The van der Waals surface area contributed by atoms with Crippen molar-refractivity contribution in [1.29, 1.82) is 5.26 Å². The van der Waals surface area contributed by atoms with Crippen LogP contribution in [0.5, 0.6) is 0 Å². The van der Waals surface area contributed by atoms with E-state index in [1.807, 2.05) is 36.6 Å². The number of carbonyl (C=O) groups is 1. The van der Waals surface area contributed by atoms with Gasteiger partial charge in [0.25, 0.3) is 0 Å². The maximum Gasteiger partial charge on any atom is 0.229 e. The maximum absolute atomic E-state index is 12.5. The molecule has 0 saturated carbocycles. The number of rotatable bonds is 5. The zero-order valence-electron chi connectivity index (χ0n) is 20.7. The molecule has 0 unspecified atom stereocenters. The van der Waals surface area contributed by atoms with E-state index in [1.165, 1.54) is 11.8 Å². The van der Waals surface area contributed by atoms with Gasteiger partial charge in [0.1, 0.15) is 18.2 Å². The topological polar surface area (TPSA) is 139 Å². The first-order chi connectivity index (χ1) is 17.8. The lowest BCUT2D eigenvalue weighted by atomic mass is 10.1. The predicted octanol–water partition coefficient (Wildman–Crippen LogP) is 3.62. The molecule has 0 radical (unpaired) electrons. The normalized spacial score (nSPS) is 11.9. The molecule has 0 bridgehead atoms. The molecule has 1 aromatic carbocycles. The van der Waals surface area contributed by atoms with Crippen LogP contribution in [0.2, 0.25) is 0 Å². The summed E-state index contributed by atoms with van der Waals surface area (Å²) < 4.78 is 3.36. The Hall–Kier alpha value is -4.95. The van der Waals surface area contributed by atoms with Gasteiger partial charge in [0.2, 0.25) is 5.91 Å². The number of imidazole rings is 1. The Balaban J connectivity index is 1.60. The zero-order valence-corrected chi connectivity index (χ0v) is 20.7. The number of hydrogen-bond donors (Lipinski definition) is 1. The van der Waals surface area contributed by atoms with Crippen LogP contribution in [0.25, 0.3) is 22.7 Å². The van der Waals surface area contributed by atoms with Crippen molar-refractivity contribution in [2.24, 2.45) is 0 Å². The van der Waals surface area contributed by atoms with Crippen molar-refractivity contribution in [1.82, 2.24) is 34.5 Å². The van der Waals surface area contributed by atoms with Crippen molar-refractivity contribution in [2.75, 3.05) is 4.90 Å². The Bertz CT molecular complexity index is 1680. The number of aliphatic hydroxyl groups excluding tert-OH is 1. The standard InChI is InChI=1S/C26H23N9O2/c1-15-5-9-25(31-30-15)34(18(4)37)20-6-8-23-22(12-20)28-14-33(23)24-10-7-21(17(3)36)26(29-24)35-16(2)11-19(13-27)32-35/h5-12,14,17,36H,1-4H3/t17-/m0/s1. The third-order valence-corrected chi connectivity index (χ3v) is 5.91. The minimum Gasteiger partial charge on any atom is -0.389 e. The summed E-state index contributed by atoms with van der Waals surface area (Å²) in [7, 11) is 0. The van der Waals surface area contributed by atoms with Gasteiger partial charge in [0.05, 0.1) is 28.5 Å². The SMILES string of the molecule is CC(=O)N(c1ccc2c(c1)ncn2-c1ccc([C@H](C)O)c(-n2nc(C#N)cc2C)n1)c1ccc(C)nn1. The van der Waals surface area contributed by atoms with E-state index in [4.69, 9.17) is 4.98 Å². The Morgan fingerprint density at radius 3 is 2.57 bits per heavy atom. The number of carbonyl (C=O) groups excluding carboxylic acids is 1. The van der Waals surface area contributed by atoms with E-state index in [0.29, 0.717) is 39.9 Å². The number of nitriles is 1. The number of aryl methyl sites for hydroxylation is 2. The van der Waals surface area contributed by atoms with Crippen molar-refractivity contribution in [2.45, 2.75) is 33.8 Å². The lowest BCUT2D eigenvalue weighted by Gasteiger charge is -2.19. The van der Waals surface area contributed by atoms with Gasteiger partial charge in [0, 0.05) is 18.2 Å². The lowest BCUT2D eigenvalue weighted by Crippen LogP contribution is -2.24. The highest BCUT2D eigenvalue weighted by atomic mass is 16.3. The van der Waals surface area contributed by atoms with Crippen molar-refractivity contribution in [3.8, 4) is 17.7 Å². The highest BCUT2D eigenvalue weighted by molar-refractivity contribution is 5.99. The number of aliphatic hydroxyl groups is 1. The number of pyridine rings is 1. The Morgan fingerprint density at radius 2 is 1.92 bits per heavy atom. The average Bonchev–Trinajstić information content (AvgIpc) is 3.47. The fourth-order valence-electron chi connectivity index (χ4n) is 4.13. The van der Waals surface area contributed by atoms with Gasteiger partial charge in [-0.15, -0.1) is 5.10 Å². The van der Waals surface area contributed by atoms with Crippen LogP contribution in [0.3, 0.4) is 0 Å². The summed E-state index contributed by atoms with van der Waals surface area (Å²) >= 11 is 0. The zero-order chi connectivity index (χ0) is 26.3. The van der Waals surface area contributed by atoms with E-state index in [2.05, 4.69) is 20.3 Å². The van der Waals surface area contributed by atoms with Crippen molar-refractivity contribution in [3.05, 3.63) is 77.5 Å². The molecule has 0 aliphatic carbocycles. The molecule has 1 amide bonds. The summed E-state index contributed by atoms with van der Waals surface area (Å²) in [5, 5.41) is 32.1. The van der Waals surface area contributed by atoms with E-state index >= 15 is 0 Å². The Morgan fingerprint density at radius 1 is 1.11 bits per heavy atom. The molecular formula is C26H23N9O2. The van der Waals surface area contributed by atoms with E-state index in [0.717, 1.165) is 11.2 Å². The van der Waals surface area contributed by atoms with Crippen molar-refractivity contribution < 1.29 is 9.90 Å². The molecule has 0 spiro atoms. The fraction of sp³-hybridized carbons (Fsp3) is 0.192. The van der Waals surface area contributed by atoms with E-state index in [1.54, 1.807) is 54.3 Å². The van der Waals surface area contributed by atoms with Gasteiger partial charge >= 0.3 is 0 Å². The highest BCUT2D eigenvalue weighted by Gasteiger charge is 2.20. The molecule has 0 aliphatic rings. The van der Waals surface area contributed by atoms with Crippen LogP contribution < -0.4 is 4.90 Å². The number of hydrogen-bond acceptors (Lipinski definition) is 8. The molecule has 5 rings (SSSR count). The average molecular weight is 494 g/mol. The van der Waals surface area contributed by atoms with Gasteiger partial charge in [-0.3, -0.25) is 14.3 Å². The molecule has 37 heavy (non-hydrogen) atoms. The first-order valence-electron chi connectivity index (χ1n) is 11.5. The van der Waals surface area contributed by atoms with Crippen LogP contribution in [0, 0.1) is 25.2 Å². The second-order valence-electron chi connectivity index (χ2n) is 8.63. The molecule has 184 valence electrons. The number of nitrogens with zero attached hydrogens (tertiary/aromatic N) is 9. The van der Waals surface area contributed by atoms with Crippen LogP contribution in [0.1, 0.15) is 42.6 Å². The summed E-state index contributed by atoms with van der Waals surface area (Å²) in [6.07, 6.45) is 0.846. The van der Waals surface area contributed by atoms with Crippen LogP contribution in [-0.2, 0) is 4.79 Å². The third kappa shape index (κ3) is 4.30. The second kappa shape index (κ2) is 9.25. The van der Waals surface area contributed by atoms with Crippen LogP contribution in [0.15, 0.2) is 54.9 Å². The van der Waals surface area contributed by atoms with Crippen LogP contribution >= 0.6 is 0 Å². The van der Waals surface area contributed by atoms with E-state index < -0.39 is 6.10 Å². The minimum absolute atomic E-state index is 0.205. The molecular weight excluding hydrogens is 470 g/mol. The van der Waals surface area contributed by atoms with E-state index in [9.17, 15) is 15.2 Å². The van der Waals surface area contributed by atoms with Gasteiger partial charge in [-0.05, 0) is 69.3 Å². The summed E-state index contributed by atoms with van der Waals surface area (Å²) in [6, 6.07) is 16.3. The van der Waals surface area contributed by atoms with Gasteiger partial charge < -0.3 is 5.11 Å². The summed E-state index contributed by atoms with van der Waals surface area (Å²) in [6.45, 7) is 6.77. The van der Waals surface area contributed by atoms with E-state index in [-0.39, 0.29) is 11.6 Å². The first kappa shape index (κ1) is 23.8. The molecule has 5 aromatic rings. The Kier molecular flexibility index (Phi) is 5.95. The molecule has 1 N–H and O–H groups in total. The molecule has 0 aliphatic heterocycles. The van der Waals surface area contributed by atoms with Gasteiger partial charge in [-0.1, -0.05) is 0 Å². The molecule has 0 saturated heterocycles. The summed E-state index contributed by atoms with van der Waals surface area (Å²) in [4.78, 5) is 23.3. The van der Waals surface area contributed by atoms with Crippen LogP contribution in [0.4, 0.5) is 11.5 Å². The molecule has 4 aromatic heterocycles. The van der Waals surface area contributed by atoms with Crippen LogP contribution in [-0.4, -0.2) is 45.5 Å². The summed E-state index contributed by atoms with van der Waals surface area (Å²) in [5.74, 6) is 1.19. The monoisotopic (exact) mass is 493 g/mol. The second-order valence-corrected chi connectivity index (χ2v) is 8.63. The van der Waals surface area contributed by atoms with Crippen molar-refractivity contribution >= 4 is 28.4 Å². The smallest absolute Gasteiger partial charge is 0.229 e. The Labute approximate surface area is 212 Å². The quantitative estimate of drug-likeness (QED) is 0.392. The maximum atomic E-state index is 12.5.